The molecule has 0 spiro atoms. The van der Waals surface area contributed by atoms with E-state index in [-0.39, 0.29) is 19.1 Å². The minimum absolute atomic E-state index is 0.0892. The molecule has 0 aromatic heterocycles. The molecule has 2 fully saturated rings. The lowest BCUT2D eigenvalue weighted by molar-refractivity contribution is -0.278. The van der Waals surface area contributed by atoms with Crippen molar-refractivity contribution in [2.75, 3.05) is 6.61 Å². The standard InChI is InChI=1S/C18H28O8/c1-11(19)22-10-16-18(24-13(3)21)15(23-12(2)20)9-17(26-16)25-14-7-5-4-6-8-14/h14-18H,4-10H2,1-3H3/t15-,16-,17+,18-/m1/s1. The molecular weight excluding hydrogens is 344 g/mol. The van der Waals surface area contributed by atoms with Crippen molar-refractivity contribution in [2.45, 2.75) is 90.0 Å². The van der Waals surface area contributed by atoms with Crippen LogP contribution >= 0.6 is 0 Å². The van der Waals surface area contributed by atoms with E-state index >= 15 is 0 Å². The van der Waals surface area contributed by atoms with Crippen LogP contribution < -0.4 is 0 Å². The zero-order valence-electron chi connectivity index (χ0n) is 15.6. The Balaban J connectivity index is 2.10. The Morgan fingerprint density at radius 2 is 1.58 bits per heavy atom. The maximum absolute atomic E-state index is 11.5. The topological polar surface area (TPSA) is 97.4 Å². The Bertz CT molecular complexity index is 499. The molecule has 2 rings (SSSR count). The van der Waals surface area contributed by atoms with Crippen molar-refractivity contribution in [3.8, 4) is 0 Å². The van der Waals surface area contributed by atoms with E-state index in [0.717, 1.165) is 25.7 Å². The molecule has 148 valence electrons. The van der Waals surface area contributed by atoms with Crippen molar-refractivity contribution in [3.05, 3.63) is 0 Å². The predicted molar refractivity (Wildman–Crippen MR) is 89.0 cm³/mol. The number of hydrogen-bond donors (Lipinski definition) is 0. The maximum atomic E-state index is 11.5. The molecule has 8 nitrogen and oxygen atoms in total. The van der Waals surface area contributed by atoms with Crippen molar-refractivity contribution in [3.63, 3.8) is 0 Å². The van der Waals surface area contributed by atoms with Gasteiger partial charge in [-0.15, -0.1) is 0 Å². The minimum Gasteiger partial charge on any atom is -0.463 e. The third-order valence-corrected chi connectivity index (χ3v) is 4.45. The Labute approximate surface area is 153 Å². The molecule has 0 radical (unpaired) electrons. The van der Waals surface area contributed by atoms with Gasteiger partial charge in [-0.1, -0.05) is 19.3 Å². The highest BCUT2D eigenvalue weighted by Gasteiger charge is 2.44. The Hall–Kier alpha value is -1.67. The Morgan fingerprint density at radius 1 is 0.923 bits per heavy atom. The van der Waals surface area contributed by atoms with Gasteiger partial charge >= 0.3 is 17.9 Å². The van der Waals surface area contributed by atoms with Crippen molar-refractivity contribution < 1.29 is 38.1 Å². The highest BCUT2D eigenvalue weighted by atomic mass is 16.7. The van der Waals surface area contributed by atoms with Gasteiger partial charge in [0.15, 0.2) is 12.4 Å². The van der Waals surface area contributed by atoms with Gasteiger partial charge < -0.3 is 23.7 Å². The van der Waals surface area contributed by atoms with Gasteiger partial charge in [0.25, 0.3) is 0 Å². The fourth-order valence-corrected chi connectivity index (χ4v) is 3.40. The zero-order chi connectivity index (χ0) is 19.1. The first-order chi connectivity index (χ1) is 12.3. The molecule has 0 N–H and O–H groups in total. The van der Waals surface area contributed by atoms with Gasteiger partial charge in [-0.05, 0) is 12.8 Å². The quantitative estimate of drug-likeness (QED) is 0.515. The van der Waals surface area contributed by atoms with Gasteiger partial charge in [0.1, 0.15) is 18.8 Å². The average molecular weight is 372 g/mol. The predicted octanol–water partition coefficient (Wildman–Crippen LogP) is 1.88. The molecule has 0 aromatic carbocycles. The molecule has 0 unspecified atom stereocenters. The monoisotopic (exact) mass is 372 g/mol. The lowest BCUT2D eigenvalue weighted by atomic mass is 9.97. The van der Waals surface area contributed by atoms with Gasteiger partial charge in [-0.3, -0.25) is 14.4 Å². The van der Waals surface area contributed by atoms with E-state index < -0.39 is 42.5 Å². The molecule has 1 aliphatic heterocycles. The Morgan fingerprint density at radius 3 is 2.15 bits per heavy atom. The Kier molecular flexibility index (Phi) is 7.84. The van der Waals surface area contributed by atoms with Gasteiger partial charge in [-0.25, -0.2) is 0 Å². The van der Waals surface area contributed by atoms with Crippen LogP contribution in [0.25, 0.3) is 0 Å². The summed E-state index contributed by atoms with van der Waals surface area (Å²) >= 11 is 0. The van der Waals surface area contributed by atoms with Crippen molar-refractivity contribution >= 4 is 17.9 Å². The normalized spacial score (nSPS) is 29.7. The van der Waals surface area contributed by atoms with Crippen LogP contribution in [0.4, 0.5) is 0 Å². The second-order valence-corrected chi connectivity index (χ2v) is 6.76. The van der Waals surface area contributed by atoms with Crippen LogP contribution in [0.3, 0.4) is 0 Å². The van der Waals surface area contributed by atoms with E-state index in [9.17, 15) is 14.4 Å². The lowest BCUT2D eigenvalue weighted by Gasteiger charge is -2.41. The summed E-state index contributed by atoms with van der Waals surface area (Å²) in [6, 6.07) is 0. The molecular formula is C18H28O8. The van der Waals surface area contributed by atoms with E-state index in [1.165, 1.54) is 27.2 Å². The lowest BCUT2D eigenvalue weighted by Crippen LogP contribution is -2.54. The second-order valence-electron chi connectivity index (χ2n) is 6.76. The molecule has 0 aromatic rings. The SMILES string of the molecule is CC(=O)OC[C@H]1O[C@H](OC2CCCCC2)C[C@@H](OC(C)=O)[C@H]1OC(C)=O. The molecule has 1 aliphatic carbocycles. The van der Waals surface area contributed by atoms with E-state index in [4.69, 9.17) is 23.7 Å². The number of carbonyl (C=O) groups is 3. The van der Waals surface area contributed by atoms with Crippen molar-refractivity contribution in [1.29, 1.82) is 0 Å². The van der Waals surface area contributed by atoms with Gasteiger partial charge in [0.05, 0.1) is 6.10 Å². The van der Waals surface area contributed by atoms with E-state index in [1.807, 2.05) is 0 Å². The summed E-state index contributed by atoms with van der Waals surface area (Å²) in [4.78, 5) is 34.1. The fourth-order valence-electron chi connectivity index (χ4n) is 3.40. The highest BCUT2D eigenvalue weighted by molar-refractivity contribution is 5.67. The second kappa shape index (κ2) is 9.87. The fraction of sp³-hybridized carbons (Fsp3) is 0.833. The summed E-state index contributed by atoms with van der Waals surface area (Å²) in [7, 11) is 0. The van der Waals surface area contributed by atoms with E-state index in [0.29, 0.717) is 0 Å². The van der Waals surface area contributed by atoms with Gasteiger partial charge in [0, 0.05) is 27.2 Å². The molecule has 1 saturated heterocycles. The van der Waals surface area contributed by atoms with E-state index in [2.05, 4.69) is 0 Å². The first-order valence-corrected chi connectivity index (χ1v) is 9.14. The number of esters is 3. The maximum Gasteiger partial charge on any atom is 0.303 e. The molecule has 0 amide bonds. The van der Waals surface area contributed by atoms with Crippen LogP contribution in [0, 0.1) is 0 Å². The summed E-state index contributed by atoms with van der Waals surface area (Å²) < 4.78 is 27.6. The molecule has 1 heterocycles. The first kappa shape index (κ1) is 20.6. The summed E-state index contributed by atoms with van der Waals surface area (Å²) in [6.45, 7) is 3.72. The van der Waals surface area contributed by atoms with E-state index in [1.54, 1.807) is 0 Å². The number of hydrogen-bond acceptors (Lipinski definition) is 8. The zero-order valence-corrected chi connectivity index (χ0v) is 15.6. The van der Waals surface area contributed by atoms with Crippen LogP contribution in [0.2, 0.25) is 0 Å². The largest absolute Gasteiger partial charge is 0.463 e. The summed E-state index contributed by atoms with van der Waals surface area (Å²) in [5.74, 6) is -1.50. The summed E-state index contributed by atoms with van der Waals surface area (Å²) in [5, 5.41) is 0. The van der Waals surface area contributed by atoms with Crippen molar-refractivity contribution in [1.82, 2.24) is 0 Å². The number of rotatable bonds is 6. The molecule has 2 aliphatic rings. The molecule has 8 heteroatoms. The number of ether oxygens (including phenoxy) is 5. The summed E-state index contributed by atoms with van der Waals surface area (Å²) in [5.41, 5.74) is 0. The highest BCUT2D eigenvalue weighted by Crippen LogP contribution is 2.30. The molecule has 4 atom stereocenters. The van der Waals surface area contributed by atoms with Crippen LogP contribution in [0.1, 0.15) is 59.3 Å². The smallest absolute Gasteiger partial charge is 0.303 e. The molecule has 0 bridgehead atoms. The van der Waals surface area contributed by atoms with Crippen molar-refractivity contribution in [2.24, 2.45) is 0 Å². The van der Waals surface area contributed by atoms with Crippen LogP contribution in [0.15, 0.2) is 0 Å². The third-order valence-electron chi connectivity index (χ3n) is 4.45. The first-order valence-electron chi connectivity index (χ1n) is 9.14. The minimum atomic E-state index is -0.859. The summed E-state index contributed by atoms with van der Waals surface area (Å²) in [6.07, 6.45) is 2.71. The average Bonchev–Trinajstić information content (AvgIpc) is 2.55. The molecule has 1 saturated carbocycles. The van der Waals surface area contributed by atoms with Crippen LogP contribution in [0.5, 0.6) is 0 Å². The third kappa shape index (κ3) is 6.57. The van der Waals surface area contributed by atoms with Crippen LogP contribution in [-0.2, 0) is 38.1 Å². The van der Waals surface area contributed by atoms with Gasteiger partial charge in [-0.2, -0.15) is 0 Å². The number of carbonyl (C=O) groups excluding carboxylic acids is 3. The van der Waals surface area contributed by atoms with Crippen LogP contribution in [-0.4, -0.2) is 55.2 Å². The van der Waals surface area contributed by atoms with Gasteiger partial charge in [0.2, 0.25) is 0 Å². The molecule has 26 heavy (non-hydrogen) atoms.